The Morgan fingerprint density at radius 2 is 2.04 bits per heavy atom. The monoisotopic (exact) mass is 314 g/mol. The van der Waals surface area contributed by atoms with Gasteiger partial charge in [-0.25, -0.2) is 4.98 Å². The molecule has 23 heavy (non-hydrogen) atoms. The van der Waals surface area contributed by atoms with E-state index in [-0.39, 0.29) is 5.56 Å². The zero-order valence-corrected chi connectivity index (χ0v) is 13.2. The summed E-state index contributed by atoms with van der Waals surface area (Å²) in [6.07, 6.45) is 1.15. The van der Waals surface area contributed by atoms with Crippen LogP contribution in [0, 0.1) is 5.92 Å². The van der Waals surface area contributed by atoms with Crippen LogP contribution in [0.15, 0.2) is 29.1 Å². The van der Waals surface area contributed by atoms with Crippen molar-refractivity contribution in [1.82, 2.24) is 14.9 Å². The highest BCUT2D eigenvalue weighted by atomic mass is 16.5. The number of nitrogens with zero attached hydrogens (tertiary/aromatic N) is 3. The molecule has 2 aromatic rings. The number of hydrogen-bond donors (Lipinski definition) is 1. The van der Waals surface area contributed by atoms with E-state index in [4.69, 9.17) is 4.74 Å². The Morgan fingerprint density at radius 3 is 2.91 bits per heavy atom. The summed E-state index contributed by atoms with van der Waals surface area (Å²) >= 11 is 0. The summed E-state index contributed by atoms with van der Waals surface area (Å²) in [5.41, 5.74) is 0.713. The minimum atomic E-state index is -0.0535. The van der Waals surface area contributed by atoms with Crippen LogP contribution < -0.4 is 10.5 Å². The lowest BCUT2D eigenvalue weighted by molar-refractivity contribution is 0.0320. The molecule has 2 fully saturated rings. The van der Waals surface area contributed by atoms with Crippen LogP contribution in [0.2, 0.25) is 0 Å². The third-order valence-electron chi connectivity index (χ3n) is 4.81. The molecule has 2 aliphatic rings. The van der Waals surface area contributed by atoms with Crippen molar-refractivity contribution in [2.75, 3.05) is 50.8 Å². The highest BCUT2D eigenvalue weighted by Gasteiger charge is 2.26. The average molecular weight is 314 g/mol. The molecule has 3 heterocycles. The molecule has 122 valence electrons. The van der Waals surface area contributed by atoms with Crippen molar-refractivity contribution in [2.45, 2.75) is 6.42 Å². The molecule has 1 aromatic heterocycles. The number of anilines is 1. The fourth-order valence-corrected chi connectivity index (χ4v) is 3.55. The lowest BCUT2D eigenvalue weighted by Gasteiger charge is -2.29. The Hall–Kier alpha value is -1.92. The van der Waals surface area contributed by atoms with Crippen molar-refractivity contribution in [1.29, 1.82) is 0 Å². The zero-order valence-electron chi connectivity index (χ0n) is 13.2. The number of aromatic nitrogens is 2. The topological polar surface area (TPSA) is 61.5 Å². The smallest absolute Gasteiger partial charge is 0.260 e. The van der Waals surface area contributed by atoms with Gasteiger partial charge in [0.05, 0.1) is 24.1 Å². The quantitative estimate of drug-likeness (QED) is 0.919. The van der Waals surface area contributed by atoms with Gasteiger partial charge in [0, 0.05) is 32.7 Å². The van der Waals surface area contributed by atoms with Crippen molar-refractivity contribution in [3.8, 4) is 0 Å². The lowest BCUT2D eigenvalue weighted by atomic mass is 10.1. The van der Waals surface area contributed by atoms with E-state index < -0.39 is 0 Å². The first-order valence-corrected chi connectivity index (χ1v) is 8.34. The van der Waals surface area contributed by atoms with E-state index in [1.165, 1.54) is 0 Å². The van der Waals surface area contributed by atoms with Crippen molar-refractivity contribution in [3.05, 3.63) is 34.6 Å². The molecule has 0 radical (unpaired) electrons. The number of para-hydroxylation sites is 1. The van der Waals surface area contributed by atoms with Crippen LogP contribution in [-0.4, -0.2) is 60.8 Å². The summed E-state index contributed by atoms with van der Waals surface area (Å²) < 4.78 is 5.41. The van der Waals surface area contributed by atoms with Gasteiger partial charge in [0.2, 0.25) is 5.95 Å². The van der Waals surface area contributed by atoms with Crippen molar-refractivity contribution in [2.24, 2.45) is 5.92 Å². The summed E-state index contributed by atoms with van der Waals surface area (Å²) in [4.78, 5) is 24.5. The molecule has 0 saturated carbocycles. The molecule has 2 saturated heterocycles. The van der Waals surface area contributed by atoms with Crippen LogP contribution in [0.3, 0.4) is 0 Å². The second-order valence-corrected chi connectivity index (χ2v) is 6.42. The van der Waals surface area contributed by atoms with Gasteiger partial charge in [-0.15, -0.1) is 0 Å². The third-order valence-corrected chi connectivity index (χ3v) is 4.81. The van der Waals surface area contributed by atoms with E-state index in [1.54, 1.807) is 0 Å². The van der Waals surface area contributed by atoms with E-state index in [1.807, 2.05) is 24.3 Å². The highest BCUT2D eigenvalue weighted by Crippen LogP contribution is 2.22. The largest absolute Gasteiger partial charge is 0.379 e. The van der Waals surface area contributed by atoms with Gasteiger partial charge in [0.15, 0.2) is 0 Å². The van der Waals surface area contributed by atoms with Gasteiger partial charge >= 0.3 is 0 Å². The number of ether oxygens (including phenoxy) is 1. The Morgan fingerprint density at radius 1 is 1.22 bits per heavy atom. The van der Waals surface area contributed by atoms with E-state index in [0.29, 0.717) is 17.3 Å². The summed E-state index contributed by atoms with van der Waals surface area (Å²) in [6.45, 7) is 6.77. The molecule has 1 atom stereocenters. The number of fused-ring (bicyclic) bond motifs is 1. The Labute approximate surface area is 135 Å². The predicted octanol–water partition coefficient (Wildman–Crippen LogP) is 1.08. The van der Waals surface area contributed by atoms with Crippen LogP contribution in [0.1, 0.15) is 6.42 Å². The van der Waals surface area contributed by atoms with Crippen molar-refractivity contribution < 1.29 is 4.74 Å². The molecular formula is C17H22N4O2. The first-order chi connectivity index (χ1) is 11.3. The average Bonchev–Trinajstić information content (AvgIpc) is 3.04. The van der Waals surface area contributed by atoms with Gasteiger partial charge in [-0.3, -0.25) is 14.7 Å². The fourth-order valence-electron chi connectivity index (χ4n) is 3.55. The number of aromatic amines is 1. The number of nitrogens with one attached hydrogen (secondary N) is 1. The van der Waals surface area contributed by atoms with Crippen LogP contribution in [-0.2, 0) is 4.74 Å². The number of rotatable bonds is 3. The Bertz CT molecular complexity index is 739. The maximum absolute atomic E-state index is 12.2. The lowest BCUT2D eigenvalue weighted by Crippen LogP contribution is -2.40. The first-order valence-electron chi connectivity index (χ1n) is 8.34. The number of hydrogen-bond acceptors (Lipinski definition) is 5. The summed E-state index contributed by atoms with van der Waals surface area (Å²) in [5.74, 6) is 1.34. The number of benzene rings is 1. The van der Waals surface area contributed by atoms with E-state index >= 15 is 0 Å². The second-order valence-electron chi connectivity index (χ2n) is 6.42. The van der Waals surface area contributed by atoms with Crippen LogP contribution in [0.25, 0.3) is 10.9 Å². The van der Waals surface area contributed by atoms with Crippen molar-refractivity contribution in [3.63, 3.8) is 0 Å². The van der Waals surface area contributed by atoms with Crippen molar-refractivity contribution >= 4 is 16.9 Å². The molecular weight excluding hydrogens is 292 g/mol. The van der Waals surface area contributed by atoms with E-state index in [9.17, 15) is 4.79 Å². The standard InChI is InChI=1S/C17H22N4O2/c22-16-14-3-1-2-4-15(14)18-17(19-16)21-6-5-13(12-21)11-20-7-9-23-10-8-20/h1-4,13H,5-12H2,(H,18,19,22)/t13-/m1/s1. The van der Waals surface area contributed by atoms with Gasteiger partial charge in [-0.05, 0) is 24.5 Å². The molecule has 0 bridgehead atoms. The SMILES string of the molecule is O=c1[nH]c(N2CC[C@H](CN3CCOCC3)C2)nc2ccccc12. The zero-order chi connectivity index (χ0) is 15.6. The summed E-state index contributed by atoms with van der Waals surface area (Å²) in [7, 11) is 0. The van der Waals surface area contributed by atoms with Crippen LogP contribution in [0.4, 0.5) is 5.95 Å². The van der Waals surface area contributed by atoms with Gasteiger partial charge in [-0.2, -0.15) is 0 Å². The van der Waals surface area contributed by atoms with Gasteiger partial charge < -0.3 is 9.64 Å². The maximum atomic E-state index is 12.2. The molecule has 0 unspecified atom stereocenters. The molecule has 2 aliphatic heterocycles. The number of H-pyrrole nitrogens is 1. The van der Waals surface area contributed by atoms with Gasteiger partial charge in [0.25, 0.3) is 5.56 Å². The molecule has 0 spiro atoms. The summed E-state index contributed by atoms with van der Waals surface area (Å²) in [5, 5.41) is 0.653. The normalized spacial score (nSPS) is 22.8. The molecule has 0 aliphatic carbocycles. The highest BCUT2D eigenvalue weighted by molar-refractivity contribution is 5.78. The molecule has 1 N–H and O–H groups in total. The van der Waals surface area contributed by atoms with E-state index in [0.717, 1.165) is 57.9 Å². The predicted molar refractivity (Wildman–Crippen MR) is 89.9 cm³/mol. The fraction of sp³-hybridized carbons (Fsp3) is 0.529. The first kappa shape index (κ1) is 14.7. The van der Waals surface area contributed by atoms with Crippen LogP contribution >= 0.6 is 0 Å². The molecule has 0 amide bonds. The molecule has 1 aromatic carbocycles. The minimum Gasteiger partial charge on any atom is -0.379 e. The second kappa shape index (κ2) is 6.29. The van der Waals surface area contributed by atoms with Gasteiger partial charge in [-0.1, -0.05) is 12.1 Å². The third kappa shape index (κ3) is 3.09. The Balaban J connectivity index is 1.48. The van der Waals surface area contributed by atoms with E-state index in [2.05, 4.69) is 19.8 Å². The number of morpholine rings is 1. The molecule has 6 nitrogen and oxygen atoms in total. The maximum Gasteiger partial charge on any atom is 0.260 e. The summed E-state index contributed by atoms with van der Waals surface area (Å²) in [6, 6.07) is 7.50. The van der Waals surface area contributed by atoms with Crippen LogP contribution in [0.5, 0.6) is 0 Å². The van der Waals surface area contributed by atoms with Gasteiger partial charge in [0.1, 0.15) is 0 Å². The minimum absolute atomic E-state index is 0.0535. The Kier molecular flexibility index (Phi) is 4.01. The molecule has 6 heteroatoms. The molecule has 4 rings (SSSR count).